The number of halogens is 1. The summed E-state index contributed by atoms with van der Waals surface area (Å²) in [6, 6.07) is 28.0. The number of benzene rings is 3. The third-order valence-corrected chi connectivity index (χ3v) is 4.98. The van der Waals surface area contributed by atoms with E-state index in [1.165, 1.54) is 22.3 Å². The highest BCUT2D eigenvalue weighted by atomic mass is 35.5. The SMILES string of the molecule is CNC1Cc2ccccc2C1Oc1ccc(Cc2ccccc2)cc1.Cl. The van der Waals surface area contributed by atoms with E-state index < -0.39 is 0 Å². The van der Waals surface area contributed by atoms with Crippen molar-refractivity contribution in [2.75, 3.05) is 7.05 Å². The minimum Gasteiger partial charge on any atom is -0.484 e. The lowest BCUT2D eigenvalue weighted by Gasteiger charge is -2.22. The third kappa shape index (κ3) is 3.92. The Morgan fingerprint density at radius 3 is 2.23 bits per heavy atom. The van der Waals surface area contributed by atoms with Crippen molar-refractivity contribution < 1.29 is 4.74 Å². The van der Waals surface area contributed by atoms with Crippen LogP contribution in [0.1, 0.15) is 28.4 Å². The van der Waals surface area contributed by atoms with E-state index in [2.05, 4.69) is 84.2 Å². The van der Waals surface area contributed by atoms with E-state index in [1.807, 2.05) is 7.05 Å². The molecule has 1 N–H and O–H groups in total. The zero-order valence-corrected chi connectivity index (χ0v) is 15.7. The molecule has 3 heteroatoms. The first kappa shape index (κ1) is 18.5. The summed E-state index contributed by atoms with van der Waals surface area (Å²) in [5.41, 5.74) is 5.31. The van der Waals surface area contributed by atoms with Crippen molar-refractivity contribution in [3.8, 4) is 5.75 Å². The quantitative estimate of drug-likeness (QED) is 0.689. The van der Waals surface area contributed by atoms with Gasteiger partial charge in [0.15, 0.2) is 0 Å². The minimum atomic E-state index is 0. The monoisotopic (exact) mass is 365 g/mol. The topological polar surface area (TPSA) is 21.3 Å². The van der Waals surface area contributed by atoms with Crippen LogP contribution < -0.4 is 10.1 Å². The van der Waals surface area contributed by atoms with E-state index in [-0.39, 0.29) is 18.5 Å². The number of hydrogen-bond acceptors (Lipinski definition) is 2. The Balaban J connectivity index is 0.00000196. The van der Waals surface area contributed by atoms with Crippen LogP contribution >= 0.6 is 12.4 Å². The lowest BCUT2D eigenvalue weighted by atomic mass is 10.1. The highest BCUT2D eigenvalue weighted by Gasteiger charge is 2.32. The van der Waals surface area contributed by atoms with Gasteiger partial charge in [-0.05, 0) is 54.3 Å². The van der Waals surface area contributed by atoms with Crippen molar-refractivity contribution >= 4 is 12.4 Å². The van der Waals surface area contributed by atoms with Gasteiger partial charge in [0.1, 0.15) is 11.9 Å². The van der Waals surface area contributed by atoms with Crippen molar-refractivity contribution in [3.05, 3.63) is 101 Å². The average Bonchev–Trinajstić information content (AvgIpc) is 3.02. The second kappa shape index (κ2) is 8.39. The number of fused-ring (bicyclic) bond motifs is 1. The first-order chi connectivity index (χ1) is 12.3. The maximum absolute atomic E-state index is 6.35. The summed E-state index contributed by atoms with van der Waals surface area (Å²) in [6.07, 6.45) is 2.04. The molecule has 1 aliphatic carbocycles. The molecule has 0 heterocycles. The molecule has 0 aliphatic heterocycles. The maximum atomic E-state index is 6.35. The van der Waals surface area contributed by atoms with Gasteiger partial charge in [0.05, 0.1) is 6.04 Å². The highest BCUT2D eigenvalue weighted by molar-refractivity contribution is 5.85. The predicted octanol–water partition coefficient (Wildman–Crippen LogP) is 4.96. The molecule has 1 aliphatic rings. The molecule has 0 amide bonds. The van der Waals surface area contributed by atoms with E-state index >= 15 is 0 Å². The van der Waals surface area contributed by atoms with Crippen molar-refractivity contribution in [2.45, 2.75) is 25.0 Å². The molecule has 3 aromatic carbocycles. The van der Waals surface area contributed by atoms with Crippen LogP contribution in [0.25, 0.3) is 0 Å². The second-order valence-electron chi connectivity index (χ2n) is 6.64. The largest absolute Gasteiger partial charge is 0.484 e. The lowest BCUT2D eigenvalue weighted by molar-refractivity contribution is 0.172. The summed E-state index contributed by atoms with van der Waals surface area (Å²) in [4.78, 5) is 0. The van der Waals surface area contributed by atoms with Gasteiger partial charge in [0.25, 0.3) is 0 Å². The molecule has 2 atom stereocenters. The first-order valence-electron chi connectivity index (χ1n) is 8.88. The van der Waals surface area contributed by atoms with Crippen LogP contribution in [-0.4, -0.2) is 13.1 Å². The first-order valence-corrected chi connectivity index (χ1v) is 8.88. The second-order valence-corrected chi connectivity index (χ2v) is 6.64. The molecule has 3 aromatic rings. The summed E-state index contributed by atoms with van der Waals surface area (Å²) < 4.78 is 6.35. The zero-order chi connectivity index (χ0) is 17.1. The maximum Gasteiger partial charge on any atom is 0.140 e. The van der Waals surface area contributed by atoms with E-state index in [4.69, 9.17) is 4.74 Å². The molecule has 0 spiro atoms. The molecule has 0 radical (unpaired) electrons. The fraction of sp³-hybridized carbons (Fsp3) is 0.217. The van der Waals surface area contributed by atoms with Gasteiger partial charge in [-0.3, -0.25) is 0 Å². The smallest absolute Gasteiger partial charge is 0.140 e. The van der Waals surface area contributed by atoms with Crippen LogP contribution in [0.4, 0.5) is 0 Å². The van der Waals surface area contributed by atoms with Gasteiger partial charge in [-0.2, -0.15) is 0 Å². The Morgan fingerprint density at radius 2 is 1.50 bits per heavy atom. The predicted molar refractivity (Wildman–Crippen MR) is 109 cm³/mol. The third-order valence-electron chi connectivity index (χ3n) is 4.98. The summed E-state index contributed by atoms with van der Waals surface area (Å²) in [6.45, 7) is 0. The Hall–Kier alpha value is -2.29. The van der Waals surface area contributed by atoms with E-state index in [9.17, 15) is 0 Å². The zero-order valence-electron chi connectivity index (χ0n) is 14.9. The number of likely N-dealkylation sites (N-methyl/N-ethyl adjacent to an activating group) is 1. The molecule has 26 heavy (non-hydrogen) atoms. The van der Waals surface area contributed by atoms with Crippen LogP contribution in [0.2, 0.25) is 0 Å². The number of rotatable bonds is 5. The van der Waals surface area contributed by atoms with Gasteiger partial charge in [-0.1, -0.05) is 66.7 Å². The number of ether oxygens (including phenoxy) is 1. The number of hydrogen-bond donors (Lipinski definition) is 1. The summed E-state index contributed by atoms with van der Waals surface area (Å²) >= 11 is 0. The van der Waals surface area contributed by atoms with E-state index in [0.29, 0.717) is 6.04 Å². The van der Waals surface area contributed by atoms with Crippen LogP contribution in [-0.2, 0) is 12.8 Å². The van der Waals surface area contributed by atoms with Gasteiger partial charge < -0.3 is 10.1 Å². The van der Waals surface area contributed by atoms with Crippen molar-refractivity contribution in [2.24, 2.45) is 0 Å². The average molecular weight is 366 g/mol. The Labute approximate surface area is 161 Å². The van der Waals surface area contributed by atoms with Gasteiger partial charge in [-0.15, -0.1) is 12.4 Å². The fourth-order valence-electron chi connectivity index (χ4n) is 3.62. The molecule has 0 saturated heterocycles. The summed E-state index contributed by atoms with van der Waals surface area (Å²) in [5, 5.41) is 3.40. The van der Waals surface area contributed by atoms with Gasteiger partial charge in [0.2, 0.25) is 0 Å². The van der Waals surface area contributed by atoms with Crippen LogP contribution in [0, 0.1) is 0 Å². The molecule has 0 aromatic heterocycles. The lowest BCUT2D eigenvalue weighted by Crippen LogP contribution is -2.32. The Kier molecular flexibility index (Phi) is 5.97. The summed E-state index contributed by atoms with van der Waals surface area (Å²) in [7, 11) is 2.01. The van der Waals surface area contributed by atoms with Crippen molar-refractivity contribution in [1.82, 2.24) is 5.32 Å². The normalized spacial score (nSPS) is 18.0. The molecular formula is C23H24ClNO. The van der Waals surface area contributed by atoms with Gasteiger partial charge in [-0.25, -0.2) is 0 Å². The molecule has 134 valence electrons. The molecular weight excluding hydrogens is 342 g/mol. The highest BCUT2D eigenvalue weighted by Crippen LogP contribution is 2.35. The van der Waals surface area contributed by atoms with Crippen LogP contribution in [0.5, 0.6) is 5.75 Å². The fourth-order valence-corrected chi connectivity index (χ4v) is 3.62. The Morgan fingerprint density at radius 1 is 0.846 bits per heavy atom. The molecule has 0 bridgehead atoms. The van der Waals surface area contributed by atoms with Crippen LogP contribution in [0.3, 0.4) is 0 Å². The molecule has 0 saturated carbocycles. The standard InChI is InChI=1S/C23H23NO.ClH/c1-24-22-16-19-9-5-6-10-21(19)23(22)25-20-13-11-18(12-14-20)15-17-7-3-2-4-8-17;/h2-14,22-24H,15-16H2,1H3;1H. The Bertz CT molecular complexity index is 832. The molecule has 2 nitrogen and oxygen atoms in total. The van der Waals surface area contributed by atoms with E-state index in [1.54, 1.807) is 0 Å². The van der Waals surface area contributed by atoms with Gasteiger partial charge in [0, 0.05) is 0 Å². The van der Waals surface area contributed by atoms with Crippen LogP contribution in [0.15, 0.2) is 78.9 Å². The van der Waals surface area contributed by atoms with Crippen molar-refractivity contribution in [3.63, 3.8) is 0 Å². The molecule has 4 rings (SSSR count). The number of nitrogens with one attached hydrogen (secondary N) is 1. The van der Waals surface area contributed by atoms with E-state index in [0.717, 1.165) is 18.6 Å². The summed E-state index contributed by atoms with van der Waals surface area (Å²) in [5.74, 6) is 0.929. The van der Waals surface area contributed by atoms with Gasteiger partial charge >= 0.3 is 0 Å². The van der Waals surface area contributed by atoms with Crippen molar-refractivity contribution in [1.29, 1.82) is 0 Å². The minimum absolute atomic E-state index is 0. The molecule has 0 fully saturated rings. The molecule has 2 unspecified atom stereocenters.